The average Bonchev–Trinajstić information content (AvgIpc) is 3.09. The molecule has 0 unspecified atom stereocenters. The highest BCUT2D eigenvalue weighted by Gasteiger charge is 2.37. The van der Waals surface area contributed by atoms with Crippen LogP contribution >= 0.6 is 0 Å². The van der Waals surface area contributed by atoms with E-state index in [2.05, 4.69) is 5.32 Å². The van der Waals surface area contributed by atoms with Crippen LogP contribution < -0.4 is 14.8 Å². The third kappa shape index (κ3) is 3.80. The summed E-state index contributed by atoms with van der Waals surface area (Å²) < 4.78 is 15.4. The maximum Gasteiger partial charge on any atom is 0.396 e. The van der Waals surface area contributed by atoms with Gasteiger partial charge in [0.05, 0.1) is 20.8 Å². The maximum absolute atomic E-state index is 11.9. The molecule has 0 aliphatic heterocycles. The van der Waals surface area contributed by atoms with Crippen molar-refractivity contribution >= 4 is 11.9 Å². The quantitative estimate of drug-likeness (QED) is 0.637. The lowest BCUT2D eigenvalue weighted by Crippen LogP contribution is -2.42. The molecule has 1 saturated carbocycles. The first-order valence-electron chi connectivity index (χ1n) is 8.24. The molecule has 0 heterocycles. The molecule has 6 heteroatoms. The highest BCUT2D eigenvalue weighted by Crippen LogP contribution is 2.43. The summed E-state index contributed by atoms with van der Waals surface area (Å²) >= 11 is 0. The van der Waals surface area contributed by atoms with Crippen LogP contribution in [0.4, 0.5) is 0 Å². The lowest BCUT2D eigenvalue weighted by molar-refractivity contribution is -0.154. The summed E-state index contributed by atoms with van der Waals surface area (Å²) in [6.45, 7) is 2.26. The minimum Gasteiger partial charge on any atom is -0.493 e. The number of hydrogen-bond donors (Lipinski definition) is 1. The van der Waals surface area contributed by atoms with Gasteiger partial charge in [0.1, 0.15) is 0 Å². The summed E-state index contributed by atoms with van der Waals surface area (Å²) in [5, 5.41) is 2.73. The Morgan fingerprint density at radius 1 is 1.12 bits per heavy atom. The van der Waals surface area contributed by atoms with E-state index in [0.717, 1.165) is 31.2 Å². The number of ether oxygens (including phenoxy) is 3. The summed E-state index contributed by atoms with van der Waals surface area (Å²) in [5.41, 5.74) is 0.892. The summed E-state index contributed by atoms with van der Waals surface area (Å²) in [6.07, 6.45) is 4.07. The Kier molecular flexibility index (Phi) is 6.06. The molecule has 0 bridgehead atoms. The first kappa shape index (κ1) is 18.1. The lowest BCUT2D eigenvalue weighted by atomic mass is 9.78. The molecule has 1 aliphatic rings. The van der Waals surface area contributed by atoms with Gasteiger partial charge in [0.15, 0.2) is 11.5 Å². The number of benzene rings is 1. The summed E-state index contributed by atoms with van der Waals surface area (Å²) in [5.74, 6) is -0.190. The standard InChI is InChI=1S/C18H25NO5/c1-4-24-17(21)16(20)19-12-18(9-5-6-10-18)13-7-8-14(22-2)15(11-13)23-3/h7-8,11H,4-6,9-10,12H2,1-3H3,(H,19,20). The highest BCUT2D eigenvalue weighted by atomic mass is 16.5. The molecule has 1 aromatic carbocycles. The highest BCUT2D eigenvalue weighted by molar-refractivity contribution is 6.32. The fourth-order valence-corrected chi connectivity index (χ4v) is 3.30. The number of carbonyl (C=O) groups excluding carboxylic acids is 2. The zero-order chi connectivity index (χ0) is 17.6. The number of methoxy groups -OCH3 is 2. The minimum absolute atomic E-state index is 0.188. The van der Waals surface area contributed by atoms with Crippen molar-refractivity contribution in [3.8, 4) is 11.5 Å². The van der Waals surface area contributed by atoms with Gasteiger partial charge >= 0.3 is 11.9 Å². The van der Waals surface area contributed by atoms with Gasteiger partial charge in [-0.1, -0.05) is 18.9 Å². The van der Waals surface area contributed by atoms with Crippen molar-refractivity contribution in [3.05, 3.63) is 23.8 Å². The van der Waals surface area contributed by atoms with Crippen LogP contribution in [0.3, 0.4) is 0 Å². The second-order valence-electron chi connectivity index (χ2n) is 5.96. The van der Waals surface area contributed by atoms with Crippen molar-refractivity contribution in [2.45, 2.75) is 38.0 Å². The number of carbonyl (C=O) groups is 2. The number of esters is 1. The van der Waals surface area contributed by atoms with Crippen LogP contribution in [0, 0.1) is 0 Å². The smallest absolute Gasteiger partial charge is 0.396 e. The Morgan fingerprint density at radius 3 is 2.38 bits per heavy atom. The van der Waals surface area contributed by atoms with Crippen molar-refractivity contribution in [2.24, 2.45) is 0 Å². The number of rotatable bonds is 6. The first-order valence-corrected chi connectivity index (χ1v) is 8.24. The Balaban J connectivity index is 2.19. The van der Waals surface area contributed by atoms with Crippen molar-refractivity contribution in [2.75, 3.05) is 27.4 Å². The van der Waals surface area contributed by atoms with Gasteiger partial charge in [-0.15, -0.1) is 0 Å². The number of amides is 1. The van der Waals surface area contributed by atoms with E-state index >= 15 is 0 Å². The monoisotopic (exact) mass is 335 g/mol. The van der Waals surface area contributed by atoms with E-state index in [1.165, 1.54) is 0 Å². The Bertz CT molecular complexity index is 593. The third-order valence-corrected chi connectivity index (χ3v) is 4.60. The van der Waals surface area contributed by atoms with Crippen LogP contribution in [0.25, 0.3) is 0 Å². The molecule has 24 heavy (non-hydrogen) atoms. The van der Waals surface area contributed by atoms with Gasteiger partial charge in [-0.05, 0) is 37.5 Å². The molecule has 0 spiro atoms. The van der Waals surface area contributed by atoms with Crippen molar-refractivity contribution in [3.63, 3.8) is 0 Å². The zero-order valence-corrected chi connectivity index (χ0v) is 14.5. The summed E-state index contributed by atoms with van der Waals surface area (Å²) in [7, 11) is 3.20. The Labute approximate surface area is 142 Å². The maximum atomic E-state index is 11.9. The topological polar surface area (TPSA) is 73.9 Å². The van der Waals surface area contributed by atoms with E-state index in [-0.39, 0.29) is 12.0 Å². The Hall–Kier alpha value is -2.24. The Morgan fingerprint density at radius 2 is 1.79 bits per heavy atom. The van der Waals surface area contributed by atoms with Crippen LogP contribution in [0.2, 0.25) is 0 Å². The van der Waals surface area contributed by atoms with Crippen molar-refractivity contribution in [1.82, 2.24) is 5.32 Å². The van der Waals surface area contributed by atoms with E-state index < -0.39 is 11.9 Å². The molecule has 0 radical (unpaired) electrons. The largest absolute Gasteiger partial charge is 0.493 e. The number of nitrogens with one attached hydrogen (secondary N) is 1. The zero-order valence-electron chi connectivity index (χ0n) is 14.5. The molecule has 132 valence electrons. The van der Waals surface area contributed by atoms with Crippen LogP contribution in [0.5, 0.6) is 11.5 Å². The first-order chi connectivity index (χ1) is 11.6. The SMILES string of the molecule is CCOC(=O)C(=O)NCC1(c2ccc(OC)c(OC)c2)CCCC1. The molecular weight excluding hydrogens is 310 g/mol. The third-order valence-electron chi connectivity index (χ3n) is 4.60. The molecule has 0 aromatic heterocycles. The van der Waals surface area contributed by atoms with Gasteiger partial charge < -0.3 is 19.5 Å². The van der Waals surface area contributed by atoms with Gasteiger partial charge in [0, 0.05) is 12.0 Å². The van der Waals surface area contributed by atoms with Crippen LogP contribution in [0.15, 0.2) is 18.2 Å². The van der Waals surface area contributed by atoms with Gasteiger partial charge in [-0.25, -0.2) is 4.79 Å². The predicted octanol–water partition coefficient (Wildman–Crippen LogP) is 2.19. The molecule has 0 saturated heterocycles. The molecule has 1 fully saturated rings. The van der Waals surface area contributed by atoms with E-state index in [1.807, 2.05) is 18.2 Å². The average molecular weight is 335 g/mol. The van der Waals surface area contributed by atoms with Gasteiger partial charge in [-0.3, -0.25) is 4.79 Å². The molecular formula is C18H25NO5. The van der Waals surface area contributed by atoms with Gasteiger partial charge in [0.25, 0.3) is 0 Å². The molecule has 2 rings (SSSR count). The van der Waals surface area contributed by atoms with Crippen molar-refractivity contribution < 1.29 is 23.8 Å². The minimum atomic E-state index is -0.835. The molecule has 1 aromatic rings. The van der Waals surface area contributed by atoms with E-state index in [1.54, 1.807) is 21.1 Å². The molecule has 6 nitrogen and oxygen atoms in total. The molecule has 1 aliphatic carbocycles. The molecule has 1 N–H and O–H groups in total. The fourth-order valence-electron chi connectivity index (χ4n) is 3.30. The van der Waals surface area contributed by atoms with Crippen LogP contribution in [-0.4, -0.2) is 39.2 Å². The second kappa shape index (κ2) is 8.04. The fraction of sp³-hybridized carbons (Fsp3) is 0.556. The van der Waals surface area contributed by atoms with Gasteiger partial charge in [-0.2, -0.15) is 0 Å². The predicted molar refractivity (Wildman–Crippen MR) is 89.3 cm³/mol. The van der Waals surface area contributed by atoms with Crippen molar-refractivity contribution in [1.29, 1.82) is 0 Å². The molecule has 0 atom stereocenters. The van der Waals surface area contributed by atoms with E-state index in [4.69, 9.17) is 14.2 Å². The normalized spacial score (nSPS) is 15.6. The van der Waals surface area contributed by atoms with Crippen LogP contribution in [0.1, 0.15) is 38.2 Å². The van der Waals surface area contributed by atoms with Gasteiger partial charge in [0.2, 0.25) is 0 Å². The summed E-state index contributed by atoms with van der Waals surface area (Å²) in [4.78, 5) is 23.4. The van der Waals surface area contributed by atoms with E-state index in [9.17, 15) is 9.59 Å². The molecule has 1 amide bonds. The lowest BCUT2D eigenvalue weighted by Gasteiger charge is -2.30. The van der Waals surface area contributed by atoms with E-state index in [0.29, 0.717) is 18.0 Å². The van der Waals surface area contributed by atoms with Crippen LogP contribution in [-0.2, 0) is 19.7 Å². The second-order valence-corrected chi connectivity index (χ2v) is 5.96. The summed E-state index contributed by atoms with van der Waals surface area (Å²) in [6, 6.07) is 5.84. The number of hydrogen-bond acceptors (Lipinski definition) is 5.